The Morgan fingerprint density at radius 3 is 2.72 bits per heavy atom. The van der Waals surface area contributed by atoms with Crippen LogP contribution in [-0.2, 0) is 17.8 Å². The van der Waals surface area contributed by atoms with Crippen LogP contribution in [0.3, 0.4) is 0 Å². The van der Waals surface area contributed by atoms with Crippen molar-refractivity contribution in [3.05, 3.63) is 64.8 Å². The van der Waals surface area contributed by atoms with Crippen LogP contribution >= 0.6 is 11.6 Å². The van der Waals surface area contributed by atoms with Gasteiger partial charge in [-0.3, -0.25) is 4.79 Å². The van der Waals surface area contributed by atoms with E-state index in [0.717, 1.165) is 41.7 Å². The Balaban J connectivity index is 1.38. The number of rotatable bonds is 9. The summed E-state index contributed by atoms with van der Waals surface area (Å²) >= 11 is 6.53. The molecular formula is C34H38ClF2N7O2. The van der Waals surface area contributed by atoms with Crippen LogP contribution in [0, 0.1) is 22.6 Å². The van der Waals surface area contributed by atoms with E-state index < -0.39 is 23.6 Å². The third kappa shape index (κ3) is 6.20. The highest BCUT2D eigenvalue weighted by Gasteiger charge is 2.44. The second-order valence-electron chi connectivity index (χ2n) is 13.1. The van der Waals surface area contributed by atoms with Gasteiger partial charge in [-0.2, -0.15) is 15.2 Å². The van der Waals surface area contributed by atoms with E-state index in [1.165, 1.54) is 11.0 Å². The summed E-state index contributed by atoms with van der Waals surface area (Å²) in [5.74, 6) is -1.61. The lowest BCUT2D eigenvalue weighted by atomic mass is 9.96. The van der Waals surface area contributed by atoms with E-state index in [0.29, 0.717) is 43.9 Å². The number of carbonyl (C=O) groups is 1. The first-order valence-electron chi connectivity index (χ1n) is 15.6. The lowest BCUT2D eigenvalue weighted by Crippen LogP contribution is -2.56. The molecule has 2 unspecified atom stereocenters. The molecule has 1 aliphatic carbocycles. The number of aromatic nitrogens is 2. The molecule has 1 amide bonds. The minimum atomic E-state index is -1.04. The molecule has 2 aliphatic heterocycles. The summed E-state index contributed by atoms with van der Waals surface area (Å²) in [6.45, 7) is 7.99. The van der Waals surface area contributed by atoms with E-state index in [9.17, 15) is 18.8 Å². The molecule has 1 saturated heterocycles. The maximum absolute atomic E-state index is 14.7. The highest BCUT2D eigenvalue weighted by atomic mass is 35.5. The van der Waals surface area contributed by atoms with Crippen molar-refractivity contribution in [2.75, 3.05) is 56.7 Å². The van der Waals surface area contributed by atoms with E-state index in [4.69, 9.17) is 26.3 Å². The molecule has 3 heterocycles. The first-order valence-corrected chi connectivity index (χ1v) is 16.0. The molecule has 0 radical (unpaired) electrons. The topological polar surface area (TPSA) is 88.8 Å². The smallest absolute Gasteiger partial charge is 0.318 e. The Morgan fingerprint density at radius 2 is 2.02 bits per heavy atom. The molecule has 1 saturated carbocycles. The van der Waals surface area contributed by atoms with E-state index >= 15 is 0 Å². The number of fused-ring (bicyclic) bond motifs is 2. The van der Waals surface area contributed by atoms with Crippen molar-refractivity contribution < 1.29 is 18.3 Å². The highest BCUT2D eigenvalue weighted by molar-refractivity contribution is 6.36. The molecule has 9 nitrogen and oxygen atoms in total. The molecule has 3 aromatic rings. The second-order valence-corrected chi connectivity index (χ2v) is 13.4. The Bertz CT molecular complexity index is 1720. The number of hydrogen-bond acceptors (Lipinski definition) is 8. The largest absolute Gasteiger partial charge is 0.463 e. The number of ether oxygens (including phenoxy) is 1. The van der Waals surface area contributed by atoms with Gasteiger partial charge in [0.15, 0.2) is 5.83 Å². The van der Waals surface area contributed by atoms with Crippen LogP contribution in [0.1, 0.15) is 37.4 Å². The van der Waals surface area contributed by atoms with Crippen molar-refractivity contribution in [3.8, 4) is 12.1 Å². The summed E-state index contributed by atoms with van der Waals surface area (Å²) in [5, 5.41) is 11.1. The number of nitrogens with zero attached hydrogens (tertiary/aromatic N) is 7. The Labute approximate surface area is 273 Å². The van der Waals surface area contributed by atoms with Crippen LogP contribution in [0.25, 0.3) is 10.8 Å². The Hall–Kier alpha value is -4.01. The Morgan fingerprint density at radius 1 is 1.24 bits per heavy atom. The van der Waals surface area contributed by atoms with Gasteiger partial charge in [-0.15, -0.1) is 0 Å². The predicted molar refractivity (Wildman–Crippen MR) is 174 cm³/mol. The molecule has 6 rings (SSSR count). The molecule has 0 bridgehead atoms. The monoisotopic (exact) mass is 649 g/mol. The average Bonchev–Trinajstić information content (AvgIpc) is 3.79. The van der Waals surface area contributed by atoms with Crippen LogP contribution in [0.5, 0.6) is 6.01 Å². The molecule has 46 heavy (non-hydrogen) atoms. The lowest BCUT2D eigenvalue weighted by molar-refractivity contribution is -0.131. The van der Waals surface area contributed by atoms with Crippen molar-refractivity contribution in [2.45, 2.75) is 51.2 Å². The molecule has 12 heteroatoms. The molecular weight excluding hydrogens is 612 g/mol. The number of amides is 1. The first-order chi connectivity index (χ1) is 22.0. The lowest BCUT2D eigenvalue weighted by Gasteiger charge is -2.43. The SMILES string of the molecule is C=C(F)C(=O)N1CCN(c2nc(OCC3(CN(C)C)CC3)nc3c2CC(C)N(c2cccc4ccc(F)c(Cl)c24)C3)CC1CC#N. The number of hydrogen-bond donors (Lipinski definition) is 0. The molecule has 2 fully saturated rings. The van der Waals surface area contributed by atoms with Crippen molar-refractivity contribution in [3.63, 3.8) is 0 Å². The highest BCUT2D eigenvalue weighted by Crippen LogP contribution is 2.46. The van der Waals surface area contributed by atoms with Gasteiger partial charge in [0, 0.05) is 54.3 Å². The van der Waals surface area contributed by atoms with E-state index in [1.54, 1.807) is 6.07 Å². The van der Waals surface area contributed by atoms with Crippen molar-refractivity contribution in [1.29, 1.82) is 5.26 Å². The predicted octanol–water partition coefficient (Wildman–Crippen LogP) is 5.51. The van der Waals surface area contributed by atoms with E-state index in [2.05, 4.69) is 48.4 Å². The summed E-state index contributed by atoms with van der Waals surface area (Å²) in [6, 6.07) is 10.8. The third-order valence-electron chi connectivity index (χ3n) is 9.34. The first kappa shape index (κ1) is 32.0. The molecule has 0 N–H and O–H groups in total. The minimum absolute atomic E-state index is 0.0194. The maximum atomic E-state index is 14.7. The summed E-state index contributed by atoms with van der Waals surface area (Å²) in [7, 11) is 4.10. The number of nitriles is 1. The van der Waals surface area contributed by atoms with Crippen molar-refractivity contribution >= 4 is 39.8 Å². The summed E-state index contributed by atoms with van der Waals surface area (Å²) in [6.07, 6.45) is 2.76. The van der Waals surface area contributed by atoms with Crippen molar-refractivity contribution in [1.82, 2.24) is 19.8 Å². The molecule has 2 aromatic carbocycles. The van der Waals surface area contributed by atoms with Gasteiger partial charge < -0.3 is 24.3 Å². The zero-order valence-electron chi connectivity index (χ0n) is 26.4. The minimum Gasteiger partial charge on any atom is -0.463 e. The Kier molecular flexibility index (Phi) is 8.79. The van der Waals surface area contributed by atoms with Crippen LogP contribution in [-0.4, -0.2) is 84.6 Å². The van der Waals surface area contributed by atoms with Gasteiger partial charge in [0.25, 0.3) is 5.91 Å². The van der Waals surface area contributed by atoms with Gasteiger partial charge >= 0.3 is 6.01 Å². The summed E-state index contributed by atoms with van der Waals surface area (Å²) in [4.78, 5) is 30.2. The molecule has 1 aromatic heterocycles. The summed E-state index contributed by atoms with van der Waals surface area (Å²) < 4.78 is 34.8. The fraction of sp³-hybridized carbons (Fsp3) is 0.471. The van der Waals surface area contributed by atoms with Crippen LogP contribution in [0.2, 0.25) is 5.02 Å². The van der Waals surface area contributed by atoms with Gasteiger partial charge in [0.1, 0.15) is 11.6 Å². The molecule has 2 atom stereocenters. The summed E-state index contributed by atoms with van der Waals surface area (Å²) in [5.41, 5.74) is 2.62. The number of benzene rings is 2. The fourth-order valence-electron chi connectivity index (χ4n) is 6.90. The zero-order valence-corrected chi connectivity index (χ0v) is 27.2. The normalized spacial score (nSPS) is 20.4. The van der Waals surface area contributed by atoms with Gasteiger partial charge in [0.05, 0.1) is 42.4 Å². The van der Waals surface area contributed by atoms with Gasteiger partial charge in [-0.25, -0.2) is 8.78 Å². The van der Waals surface area contributed by atoms with Crippen LogP contribution < -0.4 is 14.5 Å². The number of carbonyl (C=O) groups excluding carboxylic acids is 1. The van der Waals surface area contributed by atoms with Gasteiger partial charge in [-0.1, -0.05) is 36.4 Å². The number of halogens is 3. The van der Waals surface area contributed by atoms with Crippen molar-refractivity contribution in [2.24, 2.45) is 5.41 Å². The van der Waals surface area contributed by atoms with Gasteiger partial charge in [-0.05, 0) is 57.8 Å². The number of piperazine rings is 1. The van der Waals surface area contributed by atoms with Gasteiger partial charge in [0.2, 0.25) is 0 Å². The van der Waals surface area contributed by atoms with Crippen LogP contribution in [0.4, 0.5) is 20.3 Å². The average molecular weight is 650 g/mol. The molecule has 0 spiro atoms. The quantitative estimate of drug-likeness (QED) is 0.281. The van der Waals surface area contributed by atoms with E-state index in [-0.39, 0.29) is 35.5 Å². The fourth-order valence-corrected chi connectivity index (χ4v) is 7.17. The maximum Gasteiger partial charge on any atom is 0.318 e. The van der Waals surface area contributed by atoms with E-state index in [1.807, 2.05) is 18.2 Å². The second kappa shape index (κ2) is 12.6. The third-order valence-corrected chi connectivity index (χ3v) is 9.71. The number of anilines is 2. The standard InChI is InChI=1S/C34H38ClF2N7O2/c1-21-16-25-27(18-44(21)28-7-5-6-23-8-9-26(37)30(35)29(23)28)39-33(46-20-34(11-12-34)19-41(3)4)40-31(25)42-14-15-43(32(45)22(2)36)24(17-42)10-13-38/h5-9,21,24H,2,10-12,14-20H2,1,3-4H3. The molecule has 242 valence electrons. The zero-order chi connectivity index (χ0) is 32.7. The molecule has 3 aliphatic rings. The van der Waals surface area contributed by atoms with Crippen LogP contribution in [0.15, 0.2) is 42.7 Å².